The van der Waals surface area contributed by atoms with Crippen LogP contribution in [0.5, 0.6) is 0 Å². The fourth-order valence-electron chi connectivity index (χ4n) is 4.44. The summed E-state index contributed by atoms with van der Waals surface area (Å²) in [5.74, 6) is -1.22. The highest BCUT2D eigenvalue weighted by molar-refractivity contribution is 6.00. The van der Waals surface area contributed by atoms with Crippen molar-refractivity contribution in [3.63, 3.8) is 0 Å². The van der Waals surface area contributed by atoms with Crippen LogP contribution in [0.25, 0.3) is 0 Å². The number of aliphatic carboxylic acids is 1. The van der Waals surface area contributed by atoms with E-state index in [0.29, 0.717) is 24.9 Å². The third-order valence-electron chi connectivity index (χ3n) is 6.28. The van der Waals surface area contributed by atoms with E-state index in [-0.39, 0.29) is 30.1 Å². The van der Waals surface area contributed by atoms with Crippen LogP contribution in [0, 0.1) is 11.8 Å². The topological polar surface area (TPSA) is 111 Å². The van der Waals surface area contributed by atoms with E-state index >= 15 is 0 Å². The first-order valence-corrected chi connectivity index (χ1v) is 11.0. The summed E-state index contributed by atoms with van der Waals surface area (Å²) in [6.45, 7) is 0.556. The Bertz CT molecular complexity index is 973. The maximum atomic E-state index is 12.7. The first-order chi connectivity index (χ1) is 15.5. The van der Waals surface area contributed by atoms with E-state index in [1.54, 1.807) is 11.1 Å². The van der Waals surface area contributed by atoms with Gasteiger partial charge < -0.3 is 15.8 Å². The molecular weight excluding hydrogens is 408 g/mol. The molecule has 168 valence electrons. The smallest absolute Gasteiger partial charge is 0.326 e. The highest BCUT2D eigenvalue weighted by Gasteiger charge is 2.32. The van der Waals surface area contributed by atoms with E-state index in [9.17, 15) is 19.5 Å². The average Bonchev–Trinajstić information content (AvgIpc) is 2.81. The first-order valence-electron chi connectivity index (χ1n) is 11.0. The Morgan fingerprint density at radius 2 is 1.72 bits per heavy atom. The largest absolute Gasteiger partial charge is 0.480 e. The highest BCUT2D eigenvalue weighted by Crippen LogP contribution is 2.30. The number of rotatable bonds is 7. The summed E-state index contributed by atoms with van der Waals surface area (Å²) < 4.78 is 0. The monoisotopic (exact) mass is 436 g/mol. The van der Waals surface area contributed by atoms with E-state index in [1.165, 1.54) is 0 Å². The minimum absolute atomic E-state index is 0.0653. The Kier molecular flexibility index (Phi) is 6.70. The van der Waals surface area contributed by atoms with Crippen LogP contribution >= 0.6 is 0 Å². The number of carboxylic acid groups (broad SMARTS) is 1. The summed E-state index contributed by atoms with van der Waals surface area (Å²) in [7, 11) is 0. The van der Waals surface area contributed by atoms with Gasteiger partial charge >= 0.3 is 5.97 Å². The molecule has 1 atom stereocenters. The maximum Gasteiger partial charge on any atom is 0.326 e. The van der Waals surface area contributed by atoms with Crippen LogP contribution in [0.15, 0.2) is 54.6 Å². The lowest BCUT2D eigenvalue weighted by Crippen LogP contribution is -2.52. The molecule has 1 aliphatic carbocycles. The van der Waals surface area contributed by atoms with Crippen LogP contribution in [0.2, 0.25) is 0 Å². The lowest BCUT2D eigenvalue weighted by atomic mass is 9.81. The van der Waals surface area contributed by atoms with Gasteiger partial charge in [0.2, 0.25) is 5.91 Å². The number of para-hydroxylation sites is 1. The minimum atomic E-state index is -1.03. The van der Waals surface area contributed by atoms with Crippen molar-refractivity contribution in [2.75, 3.05) is 12.0 Å². The van der Waals surface area contributed by atoms with E-state index < -0.39 is 12.0 Å². The van der Waals surface area contributed by atoms with E-state index in [1.807, 2.05) is 48.5 Å². The van der Waals surface area contributed by atoms with Gasteiger partial charge in [0.25, 0.3) is 5.91 Å². The predicted octanol–water partition coefficient (Wildman–Crippen LogP) is 2.59. The van der Waals surface area contributed by atoms with E-state index in [0.717, 1.165) is 24.1 Å². The number of carbonyl (C=O) groups is 3. The molecule has 2 aromatic carbocycles. The number of fused-ring (bicyclic) bond motifs is 1. The fraction of sp³-hybridized carbons (Fsp3) is 0.375. The van der Waals surface area contributed by atoms with Crippen molar-refractivity contribution in [2.45, 2.75) is 38.1 Å². The zero-order chi connectivity index (χ0) is 22.5. The Labute approximate surface area is 186 Å². The molecule has 2 aromatic rings. The Hall–Kier alpha value is -3.39. The van der Waals surface area contributed by atoms with Crippen molar-refractivity contribution >= 4 is 23.5 Å². The number of carboxylic acids is 1. The molecule has 32 heavy (non-hydrogen) atoms. The third kappa shape index (κ3) is 5.08. The molecule has 0 spiro atoms. The molecule has 4 rings (SSSR count). The lowest BCUT2D eigenvalue weighted by Gasteiger charge is -2.35. The molecule has 0 aromatic heterocycles. The van der Waals surface area contributed by atoms with Gasteiger partial charge in [-0.1, -0.05) is 42.5 Å². The summed E-state index contributed by atoms with van der Waals surface area (Å²) in [5.41, 5.74) is 8.28. The van der Waals surface area contributed by atoms with E-state index in [4.69, 9.17) is 0 Å². The van der Waals surface area contributed by atoms with Gasteiger partial charge in [0.15, 0.2) is 0 Å². The molecule has 2 aliphatic rings. The molecule has 0 unspecified atom stereocenters. The first kappa shape index (κ1) is 21.8. The van der Waals surface area contributed by atoms with Crippen molar-refractivity contribution in [1.82, 2.24) is 15.9 Å². The molecule has 8 heteroatoms. The zero-order valence-electron chi connectivity index (χ0n) is 17.8. The normalized spacial score (nSPS) is 21.2. The Morgan fingerprint density at radius 1 is 1.03 bits per heavy atom. The molecule has 1 fully saturated rings. The molecule has 8 nitrogen and oxygen atoms in total. The van der Waals surface area contributed by atoms with Crippen LogP contribution in [0.4, 0.5) is 5.69 Å². The number of benzene rings is 2. The average molecular weight is 437 g/mol. The number of carbonyl (C=O) groups excluding carboxylic acids is 2. The van der Waals surface area contributed by atoms with Crippen molar-refractivity contribution in [2.24, 2.45) is 11.8 Å². The van der Waals surface area contributed by atoms with Gasteiger partial charge in [0.05, 0.1) is 11.3 Å². The van der Waals surface area contributed by atoms with Crippen LogP contribution in [0.1, 0.15) is 41.6 Å². The second-order valence-corrected chi connectivity index (χ2v) is 8.50. The van der Waals surface area contributed by atoms with Crippen molar-refractivity contribution in [3.05, 3.63) is 65.7 Å². The van der Waals surface area contributed by atoms with Crippen LogP contribution in [0.3, 0.4) is 0 Å². The van der Waals surface area contributed by atoms with Crippen molar-refractivity contribution in [3.8, 4) is 0 Å². The SMILES string of the molecule is O=C(N[C@@H](Cc1ccccc1)C(=O)O)C1CCC(CN2NNc3ccccc3C2=O)CC1. The quantitative estimate of drug-likeness (QED) is 0.531. The summed E-state index contributed by atoms with van der Waals surface area (Å²) in [4.78, 5) is 37.1. The number of hydrogen-bond acceptors (Lipinski definition) is 5. The Morgan fingerprint density at radius 3 is 2.44 bits per heavy atom. The number of nitrogens with zero attached hydrogens (tertiary/aromatic N) is 1. The summed E-state index contributed by atoms with van der Waals surface area (Å²) in [6.07, 6.45) is 3.23. The van der Waals surface area contributed by atoms with Crippen LogP contribution in [-0.2, 0) is 16.0 Å². The van der Waals surface area contributed by atoms with Gasteiger partial charge in [-0.3, -0.25) is 14.6 Å². The van der Waals surface area contributed by atoms with Crippen molar-refractivity contribution in [1.29, 1.82) is 0 Å². The maximum absolute atomic E-state index is 12.7. The van der Waals surface area contributed by atoms with Crippen LogP contribution in [-0.4, -0.2) is 40.5 Å². The molecule has 0 radical (unpaired) electrons. The van der Waals surface area contributed by atoms with E-state index in [2.05, 4.69) is 16.3 Å². The highest BCUT2D eigenvalue weighted by atomic mass is 16.4. The molecule has 1 heterocycles. The third-order valence-corrected chi connectivity index (χ3v) is 6.28. The molecular formula is C24H28N4O4. The lowest BCUT2D eigenvalue weighted by molar-refractivity contribution is -0.142. The number of anilines is 1. The second-order valence-electron chi connectivity index (χ2n) is 8.50. The van der Waals surface area contributed by atoms with Crippen molar-refractivity contribution < 1.29 is 19.5 Å². The number of hydrogen-bond donors (Lipinski definition) is 4. The summed E-state index contributed by atoms with van der Waals surface area (Å²) in [6, 6.07) is 15.7. The number of nitrogens with one attached hydrogen (secondary N) is 3. The second kappa shape index (κ2) is 9.82. The van der Waals surface area contributed by atoms with Gasteiger partial charge in [0, 0.05) is 18.9 Å². The van der Waals surface area contributed by atoms with Gasteiger partial charge in [-0.05, 0) is 49.3 Å². The van der Waals surface area contributed by atoms with Crippen LogP contribution < -0.4 is 16.3 Å². The van der Waals surface area contributed by atoms with Gasteiger partial charge in [0.1, 0.15) is 6.04 Å². The molecule has 1 saturated carbocycles. The minimum Gasteiger partial charge on any atom is -0.480 e. The standard InChI is InChI=1S/C24H28N4O4/c29-22(25-21(24(31)32)14-16-6-2-1-3-7-16)18-12-10-17(11-13-18)15-28-23(30)19-8-4-5-9-20(19)26-27-28/h1-9,17-18,21,26-27H,10-15H2,(H,25,29)(H,31,32)/t17?,18?,21-/m0/s1. The summed E-state index contributed by atoms with van der Waals surface area (Å²) in [5, 5.41) is 13.9. The summed E-state index contributed by atoms with van der Waals surface area (Å²) >= 11 is 0. The van der Waals surface area contributed by atoms with Gasteiger partial charge in [-0.15, -0.1) is 5.53 Å². The number of hydrazine groups is 2. The molecule has 0 bridgehead atoms. The molecule has 4 N–H and O–H groups in total. The predicted molar refractivity (Wildman–Crippen MR) is 119 cm³/mol. The zero-order valence-corrected chi connectivity index (χ0v) is 17.8. The van der Waals surface area contributed by atoms with Gasteiger partial charge in [-0.2, -0.15) is 0 Å². The van der Waals surface area contributed by atoms with Gasteiger partial charge in [-0.25, -0.2) is 4.79 Å². The number of amides is 2. The molecule has 0 saturated heterocycles. The molecule has 2 amide bonds. The Balaban J connectivity index is 1.27. The molecule has 1 aliphatic heterocycles. The fourth-order valence-corrected chi connectivity index (χ4v) is 4.44.